The Bertz CT molecular complexity index is 806. The molecule has 136 valence electrons. The summed E-state index contributed by atoms with van der Waals surface area (Å²) in [6, 6.07) is 7.72. The molecule has 1 amide bonds. The number of amides is 1. The van der Waals surface area contributed by atoms with E-state index in [2.05, 4.69) is 10.2 Å². The maximum Gasteiger partial charge on any atom is 0.259 e. The smallest absolute Gasteiger partial charge is 0.259 e. The monoisotopic (exact) mass is 367 g/mol. The van der Waals surface area contributed by atoms with Gasteiger partial charge < -0.3 is 0 Å². The average molecular weight is 368 g/mol. The number of rotatable bonds is 3. The van der Waals surface area contributed by atoms with Crippen LogP contribution in [0.15, 0.2) is 24.3 Å². The zero-order chi connectivity index (χ0) is 17.9. The summed E-state index contributed by atoms with van der Waals surface area (Å²) in [5.74, 6) is 2.65. The molecule has 4 saturated carbocycles. The van der Waals surface area contributed by atoms with Crippen molar-refractivity contribution < 1.29 is 4.79 Å². The minimum absolute atomic E-state index is 0.0155. The molecule has 1 aromatic carbocycles. The van der Waals surface area contributed by atoms with Gasteiger partial charge in [-0.25, -0.2) is 0 Å². The molecular weight excluding hydrogens is 342 g/mol. The van der Waals surface area contributed by atoms with Crippen LogP contribution in [0.3, 0.4) is 0 Å². The van der Waals surface area contributed by atoms with Gasteiger partial charge in [0.2, 0.25) is 5.13 Å². The van der Waals surface area contributed by atoms with Crippen molar-refractivity contribution in [2.24, 2.45) is 17.8 Å². The van der Waals surface area contributed by atoms with E-state index >= 15 is 0 Å². The standard InChI is InChI=1S/C21H25N3OS/c1-13-3-5-17(6-4-13)18(25)24(2)20-23-22-19(26-20)21-10-14-7-15(11-21)9-16(8-14)12-21/h3-6,14-16H,7-12H2,1-2H3. The third kappa shape index (κ3) is 2.59. The Morgan fingerprint density at radius 1 is 1.04 bits per heavy atom. The Balaban J connectivity index is 1.40. The molecule has 0 N–H and O–H groups in total. The van der Waals surface area contributed by atoms with Crippen molar-refractivity contribution in [3.05, 3.63) is 40.4 Å². The molecule has 4 aliphatic carbocycles. The first kappa shape index (κ1) is 16.4. The summed E-state index contributed by atoms with van der Waals surface area (Å²) in [5, 5.41) is 10.9. The van der Waals surface area contributed by atoms with Crippen LogP contribution in [-0.4, -0.2) is 23.2 Å². The Morgan fingerprint density at radius 3 is 2.19 bits per heavy atom. The normalized spacial score (nSPS) is 32.0. The van der Waals surface area contributed by atoms with Gasteiger partial charge in [0.05, 0.1) is 0 Å². The molecule has 26 heavy (non-hydrogen) atoms. The summed E-state index contributed by atoms with van der Waals surface area (Å²) in [6.07, 6.45) is 8.12. The maximum absolute atomic E-state index is 12.8. The molecule has 1 aromatic heterocycles. The van der Waals surface area contributed by atoms with Crippen LogP contribution in [0.1, 0.15) is 59.5 Å². The minimum Gasteiger partial charge on any atom is -0.286 e. The lowest BCUT2D eigenvalue weighted by molar-refractivity contribution is -0.00555. The molecule has 0 aliphatic heterocycles. The Labute approximate surface area is 158 Å². The lowest BCUT2D eigenvalue weighted by Crippen LogP contribution is -2.48. The fourth-order valence-corrected chi connectivity index (χ4v) is 6.94. The zero-order valence-corrected chi connectivity index (χ0v) is 16.3. The van der Waals surface area contributed by atoms with Gasteiger partial charge in [-0.2, -0.15) is 0 Å². The first-order valence-electron chi connectivity index (χ1n) is 9.71. The van der Waals surface area contributed by atoms with Crippen LogP contribution in [0, 0.1) is 24.7 Å². The number of aryl methyl sites for hydroxylation is 1. The van der Waals surface area contributed by atoms with Gasteiger partial charge in [0, 0.05) is 18.0 Å². The second kappa shape index (κ2) is 5.88. The van der Waals surface area contributed by atoms with Gasteiger partial charge in [-0.3, -0.25) is 9.69 Å². The van der Waals surface area contributed by atoms with Crippen molar-refractivity contribution in [2.75, 3.05) is 11.9 Å². The molecule has 0 unspecified atom stereocenters. The van der Waals surface area contributed by atoms with Crippen molar-refractivity contribution in [2.45, 2.75) is 50.9 Å². The van der Waals surface area contributed by atoms with E-state index in [-0.39, 0.29) is 11.3 Å². The number of carbonyl (C=O) groups excluding carboxylic acids is 1. The fourth-order valence-electron chi connectivity index (χ4n) is 5.91. The van der Waals surface area contributed by atoms with Crippen molar-refractivity contribution in [3.63, 3.8) is 0 Å². The summed E-state index contributed by atoms with van der Waals surface area (Å²) in [5.41, 5.74) is 2.10. The quantitative estimate of drug-likeness (QED) is 0.797. The number of benzene rings is 1. The van der Waals surface area contributed by atoms with E-state index in [0.717, 1.165) is 28.4 Å². The molecule has 0 radical (unpaired) electrons. The SMILES string of the molecule is Cc1ccc(C(=O)N(C)c2nnc(C34CC5CC(CC(C5)C3)C4)s2)cc1. The van der Waals surface area contributed by atoms with E-state index in [1.54, 1.807) is 16.2 Å². The minimum atomic E-state index is -0.0155. The van der Waals surface area contributed by atoms with Gasteiger partial charge in [-0.05, 0) is 75.3 Å². The fraction of sp³-hybridized carbons (Fsp3) is 0.571. The molecule has 0 atom stereocenters. The lowest BCUT2D eigenvalue weighted by Gasteiger charge is -2.55. The summed E-state index contributed by atoms with van der Waals surface area (Å²) in [7, 11) is 1.81. The highest BCUT2D eigenvalue weighted by molar-refractivity contribution is 7.15. The van der Waals surface area contributed by atoms with Crippen LogP contribution < -0.4 is 4.90 Å². The second-order valence-electron chi connectivity index (χ2n) is 8.82. The predicted molar refractivity (Wildman–Crippen MR) is 104 cm³/mol. The highest BCUT2D eigenvalue weighted by atomic mass is 32.1. The number of anilines is 1. The molecule has 4 fully saturated rings. The molecule has 1 heterocycles. The Kier molecular flexibility index (Phi) is 3.71. The summed E-state index contributed by atoms with van der Waals surface area (Å²) in [6.45, 7) is 2.03. The van der Waals surface area contributed by atoms with Crippen molar-refractivity contribution >= 4 is 22.4 Å². The summed E-state index contributed by atoms with van der Waals surface area (Å²) < 4.78 is 0. The Morgan fingerprint density at radius 2 is 1.62 bits per heavy atom. The van der Waals surface area contributed by atoms with E-state index in [9.17, 15) is 4.79 Å². The van der Waals surface area contributed by atoms with Gasteiger partial charge in [0.1, 0.15) is 5.01 Å². The third-order valence-electron chi connectivity index (χ3n) is 6.80. The van der Waals surface area contributed by atoms with E-state index < -0.39 is 0 Å². The molecule has 6 rings (SSSR count). The van der Waals surface area contributed by atoms with Gasteiger partial charge in [0.15, 0.2) is 0 Å². The number of carbonyl (C=O) groups is 1. The molecule has 0 spiro atoms. The predicted octanol–water partition coefficient (Wildman–Crippen LogP) is 4.59. The van der Waals surface area contributed by atoms with Crippen LogP contribution in [-0.2, 0) is 5.41 Å². The highest BCUT2D eigenvalue weighted by Crippen LogP contribution is 2.61. The molecular formula is C21H25N3OS. The van der Waals surface area contributed by atoms with Crippen molar-refractivity contribution in [1.29, 1.82) is 0 Å². The van der Waals surface area contributed by atoms with Crippen LogP contribution in [0.5, 0.6) is 0 Å². The van der Waals surface area contributed by atoms with E-state index in [4.69, 9.17) is 0 Å². The first-order valence-corrected chi connectivity index (χ1v) is 10.5. The van der Waals surface area contributed by atoms with Crippen LogP contribution in [0.2, 0.25) is 0 Å². The van der Waals surface area contributed by atoms with Gasteiger partial charge in [-0.1, -0.05) is 29.0 Å². The van der Waals surface area contributed by atoms with Gasteiger partial charge >= 0.3 is 0 Å². The van der Waals surface area contributed by atoms with Crippen molar-refractivity contribution in [3.8, 4) is 0 Å². The number of hydrogen-bond donors (Lipinski definition) is 0. The molecule has 0 saturated heterocycles. The van der Waals surface area contributed by atoms with Crippen LogP contribution in [0.25, 0.3) is 0 Å². The number of nitrogens with zero attached hydrogens (tertiary/aromatic N) is 3. The Hall–Kier alpha value is -1.75. The first-order chi connectivity index (χ1) is 12.5. The number of aromatic nitrogens is 2. The molecule has 4 aliphatic rings. The topological polar surface area (TPSA) is 46.1 Å². The van der Waals surface area contributed by atoms with E-state index in [1.165, 1.54) is 43.5 Å². The van der Waals surface area contributed by atoms with E-state index in [0.29, 0.717) is 5.56 Å². The van der Waals surface area contributed by atoms with E-state index in [1.807, 2.05) is 38.2 Å². The summed E-state index contributed by atoms with van der Waals surface area (Å²) in [4.78, 5) is 14.4. The third-order valence-corrected chi connectivity index (χ3v) is 8.04. The molecule has 2 aromatic rings. The van der Waals surface area contributed by atoms with Gasteiger partial charge in [0.25, 0.3) is 5.91 Å². The molecule has 5 heteroatoms. The highest BCUT2D eigenvalue weighted by Gasteiger charge is 2.53. The summed E-state index contributed by atoms with van der Waals surface area (Å²) >= 11 is 1.64. The zero-order valence-electron chi connectivity index (χ0n) is 15.4. The maximum atomic E-state index is 12.8. The van der Waals surface area contributed by atoms with Gasteiger partial charge in [-0.15, -0.1) is 10.2 Å². The average Bonchev–Trinajstić information content (AvgIpc) is 3.11. The molecule has 4 bridgehead atoms. The second-order valence-corrected chi connectivity index (χ2v) is 9.77. The number of hydrogen-bond acceptors (Lipinski definition) is 4. The van der Waals surface area contributed by atoms with Crippen LogP contribution >= 0.6 is 11.3 Å². The van der Waals surface area contributed by atoms with Crippen LogP contribution in [0.4, 0.5) is 5.13 Å². The lowest BCUT2D eigenvalue weighted by atomic mass is 9.50. The van der Waals surface area contributed by atoms with Crippen molar-refractivity contribution in [1.82, 2.24) is 10.2 Å². The largest absolute Gasteiger partial charge is 0.286 e. The molecule has 4 nitrogen and oxygen atoms in total.